The van der Waals surface area contributed by atoms with E-state index in [1.165, 1.54) is 23.5 Å². The second kappa shape index (κ2) is 7.92. The summed E-state index contributed by atoms with van der Waals surface area (Å²) in [6.07, 6.45) is -0.246. The van der Waals surface area contributed by atoms with Gasteiger partial charge in [-0.2, -0.15) is 0 Å². The number of rotatable bonds is 7. The highest BCUT2D eigenvalue weighted by atomic mass is 79.9. The lowest BCUT2D eigenvalue weighted by Crippen LogP contribution is -2.34. The van der Waals surface area contributed by atoms with Crippen LogP contribution >= 0.6 is 15.9 Å². The van der Waals surface area contributed by atoms with Crippen molar-refractivity contribution in [3.05, 3.63) is 64.6 Å². The molecule has 0 fully saturated rings. The molecule has 0 saturated carbocycles. The van der Waals surface area contributed by atoms with Crippen molar-refractivity contribution in [1.82, 2.24) is 4.31 Å². The molecule has 5 nitrogen and oxygen atoms in total. The first-order valence-electron chi connectivity index (χ1n) is 7.27. The molecule has 128 valence electrons. The summed E-state index contributed by atoms with van der Waals surface area (Å²) in [5.74, 6) is -1.69. The van der Waals surface area contributed by atoms with Crippen LogP contribution in [0.15, 0.2) is 64.0 Å². The third-order valence-electron chi connectivity index (χ3n) is 3.68. The summed E-state index contributed by atoms with van der Waals surface area (Å²) in [5.41, 5.74) is 0.763. The van der Waals surface area contributed by atoms with Crippen LogP contribution in [0.3, 0.4) is 0 Å². The van der Waals surface area contributed by atoms with Crippen molar-refractivity contribution >= 4 is 31.9 Å². The smallest absolute Gasteiger partial charge is 0.242 e. The Hall–Kier alpha value is -1.70. The highest BCUT2D eigenvalue weighted by Crippen LogP contribution is 2.24. The molecule has 1 atom stereocenters. The van der Waals surface area contributed by atoms with Gasteiger partial charge < -0.3 is 9.90 Å². The van der Waals surface area contributed by atoms with Crippen LogP contribution in [-0.2, 0) is 14.8 Å². The van der Waals surface area contributed by atoms with E-state index in [1.807, 2.05) is 6.07 Å². The second-order valence-electron chi connectivity index (χ2n) is 5.42. The number of nitrogens with zero attached hydrogens (tertiary/aromatic N) is 1. The highest BCUT2D eigenvalue weighted by molar-refractivity contribution is 9.10. The third kappa shape index (κ3) is 4.66. The van der Waals surface area contributed by atoms with Crippen molar-refractivity contribution in [2.45, 2.75) is 17.2 Å². The molecular weight excluding hydrogens is 394 g/mol. The molecule has 0 aromatic heterocycles. The van der Waals surface area contributed by atoms with E-state index in [0.29, 0.717) is 0 Å². The molecule has 7 heteroatoms. The van der Waals surface area contributed by atoms with Crippen LogP contribution in [0.4, 0.5) is 0 Å². The van der Waals surface area contributed by atoms with Crippen LogP contribution in [0, 0.1) is 0 Å². The van der Waals surface area contributed by atoms with Crippen LogP contribution in [-0.4, -0.2) is 32.3 Å². The first-order valence-corrected chi connectivity index (χ1v) is 9.50. The number of carbonyl (C=O) groups excluding carboxylic acids is 1. The standard InChI is InChI=1S/C17H18BrNO4S/c1-19(24(22,23)16-9-7-15(18)8-10-16)12-14(11-17(20)21)13-5-3-2-4-6-13/h2-10,14H,11-12H2,1H3,(H,20,21)/p-1. The predicted octanol–water partition coefficient (Wildman–Crippen LogP) is 1.99. The fourth-order valence-corrected chi connectivity index (χ4v) is 3.89. The van der Waals surface area contributed by atoms with Crippen molar-refractivity contribution in [2.24, 2.45) is 0 Å². The van der Waals surface area contributed by atoms with Gasteiger partial charge in [-0.3, -0.25) is 0 Å². The number of carboxylic acid groups (broad SMARTS) is 1. The molecule has 0 N–H and O–H groups in total. The summed E-state index contributed by atoms with van der Waals surface area (Å²) in [6, 6.07) is 15.3. The number of aliphatic carboxylic acids is 1. The van der Waals surface area contributed by atoms with E-state index in [-0.39, 0.29) is 17.9 Å². The van der Waals surface area contributed by atoms with E-state index in [2.05, 4.69) is 15.9 Å². The van der Waals surface area contributed by atoms with Gasteiger partial charge in [0.2, 0.25) is 10.0 Å². The van der Waals surface area contributed by atoms with Crippen molar-refractivity contribution in [3.63, 3.8) is 0 Å². The Morgan fingerprint density at radius 1 is 1.12 bits per heavy atom. The number of benzene rings is 2. The molecule has 0 bridgehead atoms. The van der Waals surface area contributed by atoms with Crippen LogP contribution in [0.1, 0.15) is 17.9 Å². The molecule has 0 heterocycles. The normalized spacial score (nSPS) is 13.0. The molecule has 2 aromatic carbocycles. The Balaban J connectivity index is 2.24. The van der Waals surface area contributed by atoms with Crippen LogP contribution in [0.2, 0.25) is 0 Å². The van der Waals surface area contributed by atoms with Gasteiger partial charge in [0.15, 0.2) is 0 Å². The lowest BCUT2D eigenvalue weighted by atomic mass is 9.96. The Labute approximate surface area is 150 Å². The molecule has 0 saturated heterocycles. The number of sulfonamides is 1. The molecule has 0 aliphatic heterocycles. The Morgan fingerprint density at radius 2 is 1.71 bits per heavy atom. The van der Waals surface area contributed by atoms with Gasteiger partial charge in [-0.05, 0) is 36.2 Å². The van der Waals surface area contributed by atoms with E-state index in [9.17, 15) is 18.3 Å². The van der Waals surface area contributed by atoms with Crippen molar-refractivity contribution < 1.29 is 18.3 Å². The fourth-order valence-electron chi connectivity index (χ4n) is 2.41. The van der Waals surface area contributed by atoms with Gasteiger partial charge in [0, 0.05) is 30.0 Å². The molecule has 0 radical (unpaired) electrons. The van der Waals surface area contributed by atoms with Crippen LogP contribution < -0.4 is 5.11 Å². The average Bonchev–Trinajstić information content (AvgIpc) is 2.55. The molecule has 0 aliphatic carbocycles. The van der Waals surface area contributed by atoms with Gasteiger partial charge in [-0.15, -0.1) is 0 Å². The zero-order valence-corrected chi connectivity index (χ0v) is 15.5. The van der Waals surface area contributed by atoms with Gasteiger partial charge in [0.25, 0.3) is 0 Å². The first-order chi connectivity index (χ1) is 11.3. The number of likely N-dealkylation sites (N-methyl/N-ethyl adjacent to an activating group) is 1. The van der Waals surface area contributed by atoms with Crippen LogP contribution in [0.25, 0.3) is 0 Å². The van der Waals surface area contributed by atoms with E-state index in [1.54, 1.807) is 36.4 Å². The largest absolute Gasteiger partial charge is 0.550 e. The third-order valence-corrected chi connectivity index (χ3v) is 6.05. The maximum atomic E-state index is 12.6. The SMILES string of the molecule is CN(CC(CC(=O)[O-])c1ccccc1)S(=O)(=O)c1ccc(Br)cc1. The first kappa shape index (κ1) is 18.6. The summed E-state index contributed by atoms with van der Waals surface area (Å²) < 4.78 is 27.2. The van der Waals surface area contributed by atoms with Gasteiger partial charge >= 0.3 is 0 Å². The fraction of sp³-hybridized carbons (Fsp3) is 0.235. The maximum Gasteiger partial charge on any atom is 0.242 e. The average molecular weight is 411 g/mol. The summed E-state index contributed by atoms with van der Waals surface area (Å²) in [5, 5.41) is 11.0. The Bertz CT molecular complexity index is 791. The van der Waals surface area contributed by atoms with E-state index < -0.39 is 21.9 Å². The Morgan fingerprint density at radius 3 is 2.25 bits per heavy atom. The van der Waals surface area contributed by atoms with E-state index in [4.69, 9.17) is 0 Å². The van der Waals surface area contributed by atoms with E-state index in [0.717, 1.165) is 10.0 Å². The number of carboxylic acids is 1. The second-order valence-corrected chi connectivity index (χ2v) is 8.38. The number of hydrogen-bond donors (Lipinski definition) is 0. The number of halogens is 1. The minimum Gasteiger partial charge on any atom is -0.550 e. The molecular formula is C17H17BrNO4S-. The van der Waals surface area contributed by atoms with Crippen LogP contribution in [0.5, 0.6) is 0 Å². The molecule has 0 amide bonds. The van der Waals surface area contributed by atoms with Gasteiger partial charge in [0.05, 0.1) is 4.90 Å². The summed E-state index contributed by atoms with van der Waals surface area (Å²) in [4.78, 5) is 11.2. The number of carbonyl (C=O) groups is 1. The minimum atomic E-state index is -3.70. The van der Waals surface area contributed by atoms with Gasteiger partial charge in [-0.25, -0.2) is 12.7 Å². The highest BCUT2D eigenvalue weighted by Gasteiger charge is 2.24. The zero-order valence-electron chi connectivity index (χ0n) is 13.1. The quantitative estimate of drug-likeness (QED) is 0.698. The van der Waals surface area contributed by atoms with E-state index >= 15 is 0 Å². The summed E-state index contributed by atoms with van der Waals surface area (Å²) in [7, 11) is -2.25. The molecule has 0 aliphatic rings. The number of hydrogen-bond acceptors (Lipinski definition) is 4. The van der Waals surface area contributed by atoms with Gasteiger partial charge in [-0.1, -0.05) is 46.3 Å². The predicted molar refractivity (Wildman–Crippen MR) is 92.8 cm³/mol. The minimum absolute atomic E-state index is 0.0520. The van der Waals surface area contributed by atoms with Gasteiger partial charge in [0.1, 0.15) is 0 Å². The summed E-state index contributed by atoms with van der Waals surface area (Å²) in [6.45, 7) is 0.0520. The summed E-state index contributed by atoms with van der Waals surface area (Å²) >= 11 is 3.27. The lowest BCUT2D eigenvalue weighted by Gasteiger charge is -2.24. The molecule has 1 unspecified atom stereocenters. The maximum absolute atomic E-state index is 12.6. The molecule has 2 rings (SSSR count). The molecule has 0 spiro atoms. The molecule has 24 heavy (non-hydrogen) atoms. The Kier molecular flexibility index (Phi) is 6.15. The van der Waals surface area contributed by atoms with Crippen molar-refractivity contribution in [2.75, 3.05) is 13.6 Å². The topological polar surface area (TPSA) is 77.5 Å². The molecule has 2 aromatic rings. The van der Waals surface area contributed by atoms with Crippen molar-refractivity contribution in [1.29, 1.82) is 0 Å². The van der Waals surface area contributed by atoms with Crippen molar-refractivity contribution in [3.8, 4) is 0 Å². The monoisotopic (exact) mass is 410 g/mol. The zero-order chi connectivity index (χ0) is 17.7. The lowest BCUT2D eigenvalue weighted by molar-refractivity contribution is -0.306.